The standard InChI is InChI=1S/C31H40N2O2/c32-19-22-11-13-27(14-12-22)33-29(34)31-17-24-15-30(21-31,26-9-5-2-6-10-26)16-25(18-31)28(24)35-20-23-7-3-1-4-8-23/h1-10,22,24-25,27-28H,11-21,32H2,(H,33,34). The number of hydrogen-bond acceptors (Lipinski definition) is 3. The average molecular weight is 473 g/mol. The maximum absolute atomic E-state index is 14.0. The van der Waals surface area contributed by atoms with Crippen LogP contribution in [-0.2, 0) is 21.6 Å². The van der Waals surface area contributed by atoms with E-state index in [4.69, 9.17) is 10.5 Å². The number of hydrogen-bond donors (Lipinski definition) is 2. The van der Waals surface area contributed by atoms with Gasteiger partial charge >= 0.3 is 0 Å². The van der Waals surface area contributed by atoms with Crippen molar-refractivity contribution < 1.29 is 9.53 Å². The first-order chi connectivity index (χ1) is 17.1. The van der Waals surface area contributed by atoms with Crippen LogP contribution in [0.2, 0.25) is 0 Å². The lowest BCUT2D eigenvalue weighted by Gasteiger charge is -2.64. The molecule has 186 valence electrons. The normalized spacial score (nSPS) is 37.8. The first kappa shape index (κ1) is 23.2. The molecule has 7 rings (SSSR count). The van der Waals surface area contributed by atoms with Crippen molar-refractivity contribution in [3.63, 3.8) is 0 Å². The summed E-state index contributed by atoms with van der Waals surface area (Å²) in [7, 11) is 0. The van der Waals surface area contributed by atoms with E-state index in [0.29, 0.717) is 36.3 Å². The van der Waals surface area contributed by atoms with E-state index in [2.05, 4.69) is 66.0 Å². The summed E-state index contributed by atoms with van der Waals surface area (Å²) in [6.07, 6.45) is 9.91. The second-order valence-corrected chi connectivity index (χ2v) is 12.1. The van der Waals surface area contributed by atoms with Crippen molar-refractivity contribution in [2.24, 2.45) is 28.9 Å². The zero-order valence-corrected chi connectivity index (χ0v) is 20.8. The molecule has 4 heteroatoms. The molecule has 5 saturated carbocycles. The predicted molar refractivity (Wildman–Crippen MR) is 139 cm³/mol. The molecule has 2 unspecified atom stereocenters. The summed E-state index contributed by atoms with van der Waals surface area (Å²) in [6, 6.07) is 21.9. The van der Waals surface area contributed by atoms with Crippen LogP contribution in [0.4, 0.5) is 0 Å². The van der Waals surface area contributed by atoms with Crippen LogP contribution < -0.4 is 11.1 Å². The molecule has 0 spiro atoms. The van der Waals surface area contributed by atoms with Gasteiger partial charge in [0.05, 0.1) is 18.1 Å². The summed E-state index contributed by atoms with van der Waals surface area (Å²) in [6.45, 7) is 1.44. The van der Waals surface area contributed by atoms with Gasteiger partial charge in [-0.2, -0.15) is 0 Å². The Bertz CT molecular complexity index is 999. The number of benzene rings is 2. The second kappa shape index (κ2) is 9.37. The zero-order chi connectivity index (χ0) is 23.9. The Morgan fingerprint density at radius 3 is 2.14 bits per heavy atom. The summed E-state index contributed by atoms with van der Waals surface area (Å²) in [5.74, 6) is 1.84. The lowest BCUT2D eigenvalue weighted by molar-refractivity contribution is -0.183. The van der Waals surface area contributed by atoms with E-state index in [1.54, 1.807) is 0 Å². The molecule has 4 bridgehead atoms. The number of nitrogens with two attached hydrogens (primary N) is 1. The highest BCUT2D eigenvalue weighted by atomic mass is 16.5. The molecule has 1 amide bonds. The topological polar surface area (TPSA) is 64.3 Å². The number of nitrogens with one attached hydrogen (secondary N) is 1. The molecule has 4 nitrogen and oxygen atoms in total. The highest BCUT2D eigenvalue weighted by Crippen LogP contribution is 2.66. The monoisotopic (exact) mass is 472 g/mol. The van der Waals surface area contributed by atoms with E-state index in [-0.39, 0.29) is 16.9 Å². The van der Waals surface area contributed by atoms with Crippen LogP contribution in [0.25, 0.3) is 0 Å². The predicted octanol–water partition coefficient (Wildman–Crippen LogP) is 5.35. The Balaban J connectivity index is 1.23. The van der Waals surface area contributed by atoms with Crippen LogP contribution >= 0.6 is 0 Å². The van der Waals surface area contributed by atoms with Gasteiger partial charge in [-0.1, -0.05) is 60.7 Å². The lowest BCUT2D eigenvalue weighted by Crippen LogP contribution is -2.64. The van der Waals surface area contributed by atoms with Gasteiger partial charge in [0, 0.05) is 6.04 Å². The fourth-order valence-electron chi connectivity index (χ4n) is 8.42. The molecule has 35 heavy (non-hydrogen) atoms. The Morgan fingerprint density at radius 1 is 0.886 bits per heavy atom. The summed E-state index contributed by atoms with van der Waals surface area (Å²) in [4.78, 5) is 14.0. The molecule has 0 saturated heterocycles. The van der Waals surface area contributed by atoms with Gasteiger partial charge in [-0.15, -0.1) is 0 Å². The van der Waals surface area contributed by atoms with Gasteiger partial charge in [0.2, 0.25) is 5.91 Å². The minimum absolute atomic E-state index is 0.105. The quantitative estimate of drug-likeness (QED) is 0.571. The summed E-state index contributed by atoms with van der Waals surface area (Å²) >= 11 is 0. The summed E-state index contributed by atoms with van der Waals surface area (Å²) in [5.41, 5.74) is 8.42. The SMILES string of the molecule is NCC1CCC(NC(=O)C23CC4CC(c5ccccc5)(CC(C2)C4OCc2ccccc2)C3)CC1. The van der Waals surface area contributed by atoms with Crippen molar-refractivity contribution in [3.8, 4) is 0 Å². The third-order valence-electron chi connectivity index (χ3n) is 9.89. The van der Waals surface area contributed by atoms with Gasteiger partial charge < -0.3 is 15.8 Å². The van der Waals surface area contributed by atoms with E-state index >= 15 is 0 Å². The number of carbonyl (C=O) groups is 1. The van der Waals surface area contributed by atoms with Crippen molar-refractivity contribution in [3.05, 3.63) is 71.8 Å². The fraction of sp³-hybridized carbons (Fsp3) is 0.581. The fourth-order valence-corrected chi connectivity index (χ4v) is 8.42. The Kier molecular flexibility index (Phi) is 6.22. The summed E-state index contributed by atoms with van der Waals surface area (Å²) < 4.78 is 6.64. The van der Waals surface area contributed by atoms with Crippen molar-refractivity contribution >= 4 is 5.91 Å². The van der Waals surface area contributed by atoms with Crippen molar-refractivity contribution in [2.45, 2.75) is 82.0 Å². The van der Waals surface area contributed by atoms with E-state index in [0.717, 1.165) is 64.3 Å². The van der Waals surface area contributed by atoms with E-state index in [1.807, 2.05) is 0 Å². The number of carbonyl (C=O) groups excluding carboxylic acids is 1. The molecule has 0 heterocycles. The maximum atomic E-state index is 14.0. The van der Waals surface area contributed by atoms with Crippen molar-refractivity contribution in [1.29, 1.82) is 0 Å². The van der Waals surface area contributed by atoms with Crippen molar-refractivity contribution in [2.75, 3.05) is 6.54 Å². The van der Waals surface area contributed by atoms with Crippen LogP contribution in [-0.4, -0.2) is 24.6 Å². The number of amides is 1. The second-order valence-electron chi connectivity index (χ2n) is 12.1. The largest absolute Gasteiger partial charge is 0.373 e. The molecular formula is C31H40N2O2. The van der Waals surface area contributed by atoms with Gasteiger partial charge in [-0.05, 0) is 98.6 Å². The van der Waals surface area contributed by atoms with Crippen LogP contribution in [0.5, 0.6) is 0 Å². The highest BCUT2D eigenvalue weighted by Gasteiger charge is 2.64. The van der Waals surface area contributed by atoms with Gasteiger partial charge in [0.25, 0.3) is 0 Å². The number of ether oxygens (including phenoxy) is 1. The third-order valence-corrected chi connectivity index (χ3v) is 9.89. The minimum Gasteiger partial charge on any atom is -0.373 e. The van der Waals surface area contributed by atoms with E-state index in [1.165, 1.54) is 11.1 Å². The molecular weight excluding hydrogens is 432 g/mol. The first-order valence-electron chi connectivity index (χ1n) is 13.8. The van der Waals surface area contributed by atoms with Gasteiger partial charge in [-0.3, -0.25) is 4.79 Å². The van der Waals surface area contributed by atoms with E-state index in [9.17, 15) is 4.79 Å². The molecule has 5 fully saturated rings. The molecule has 5 aliphatic rings. The zero-order valence-electron chi connectivity index (χ0n) is 20.8. The maximum Gasteiger partial charge on any atom is 0.226 e. The lowest BCUT2D eigenvalue weighted by atomic mass is 9.41. The molecule has 2 aromatic rings. The van der Waals surface area contributed by atoms with E-state index < -0.39 is 0 Å². The Labute approximate surface area is 210 Å². The average Bonchev–Trinajstić information content (AvgIpc) is 2.89. The van der Waals surface area contributed by atoms with Crippen LogP contribution in [0.3, 0.4) is 0 Å². The third kappa shape index (κ3) is 4.34. The van der Waals surface area contributed by atoms with Crippen molar-refractivity contribution in [1.82, 2.24) is 5.32 Å². The molecule has 2 aromatic carbocycles. The molecule has 0 aliphatic heterocycles. The minimum atomic E-state index is -0.251. The van der Waals surface area contributed by atoms with Crippen LogP contribution in [0.15, 0.2) is 60.7 Å². The molecule has 2 atom stereocenters. The summed E-state index contributed by atoms with van der Waals surface area (Å²) in [5, 5.41) is 3.54. The van der Waals surface area contributed by atoms with Gasteiger partial charge in [-0.25, -0.2) is 0 Å². The Hall–Kier alpha value is -2.17. The first-order valence-corrected chi connectivity index (χ1v) is 13.8. The smallest absolute Gasteiger partial charge is 0.226 e. The molecule has 3 N–H and O–H groups in total. The van der Waals surface area contributed by atoms with Gasteiger partial charge in [0.1, 0.15) is 0 Å². The van der Waals surface area contributed by atoms with Crippen LogP contribution in [0, 0.1) is 23.2 Å². The molecule has 5 aliphatic carbocycles. The molecule has 0 aromatic heterocycles. The highest BCUT2D eigenvalue weighted by molar-refractivity contribution is 5.84. The Morgan fingerprint density at radius 2 is 1.51 bits per heavy atom. The molecule has 0 radical (unpaired) electrons. The van der Waals surface area contributed by atoms with Crippen LogP contribution in [0.1, 0.15) is 68.9 Å². The number of rotatable bonds is 7. The van der Waals surface area contributed by atoms with Gasteiger partial charge in [0.15, 0.2) is 0 Å².